The summed E-state index contributed by atoms with van der Waals surface area (Å²) in [6, 6.07) is 13.4. The van der Waals surface area contributed by atoms with Crippen LogP contribution < -0.4 is 19.5 Å². The second-order valence-electron chi connectivity index (χ2n) is 7.87. The number of nitrogens with zero attached hydrogens (tertiary/aromatic N) is 1. The molecule has 4 rings (SSSR count). The minimum Gasteiger partial charge on any atom is -0.496 e. The molecule has 29 heavy (non-hydrogen) atoms. The lowest BCUT2D eigenvalue weighted by atomic mass is 9.94. The van der Waals surface area contributed by atoms with Crippen LogP contribution in [-0.4, -0.2) is 37.3 Å². The summed E-state index contributed by atoms with van der Waals surface area (Å²) in [7, 11) is 3.57. The number of carbonyl (C=O) groups is 1. The van der Waals surface area contributed by atoms with Gasteiger partial charge in [0.25, 0.3) is 5.79 Å². The largest absolute Gasteiger partial charge is 0.496 e. The molecule has 6 nitrogen and oxygen atoms in total. The number of anilines is 1. The Bertz CT molecular complexity index is 877. The summed E-state index contributed by atoms with van der Waals surface area (Å²) < 4.78 is 17.6. The van der Waals surface area contributed by atoms with Gasteiger partial charge in [-0.25, -0.2) is 0 Å². The second-order valence-corrected chi connectivity index (χ2v) is 7.87. The Labute approximate surface area is 171 Å². The topological polar surface area (TPSA) is 60.0 Å². The molecular weight excluding hydrogens is 368 g/mol. The number of hydrogen-bond donors (Lipinski definition) is 1. The van der Waals surface area contributed by atoms with Crippen molar-refractivity contribution in [1.82, 2.24) is 4.90 Å². The number of rotatable bonds is 6. The lowest BCUT2D eigenvalue weighted by Gasteiger charge is -2.31. The number of carbonyl (C=O) groups excluding carboxylic acids is 1. The molecule has 0 bridgehead atoms. The van der Waals surface area contributed by atoms with Crippen LogP contribution in [0.4, 0.5) is 5.69 Å². The highest BCUT2D eigenvalue weighted by Gasteiger charge is 2.42. The summed E-state index contributed by atoms with van der Waals surface area (Å²) in [5.41, 5.74) is 1.77. The molecule has 2 aliphatic rings. The van der Waals surface area contributed by atoms with Gasteiger partial charge in [-0.2, -0.15) is 0 Å². The Morgan fingerprint density at radius 3 is 2.66 bits per heavy atom. The van der Waals surface area contributed by atoms with Crippen molar-refractivity contribution in [1.29, 1.82) is 0 Å². The fourth-order valence-corrected chi connectivity index (χ4v) is 4.09. The van der Waals surface area contributed by atoms with Crippen molar-refractivity contribution < 1.29 is 19.0 Å². The maximum absolute atomic E-state index is 12.5. The number of benzene rings is 2. The van der Waals surface area contributed by atoms with Crippen molar-refractivity contribution >= 4 is 11.6 Å². The predicted octanol–water partition coefficient (Wildman–Crippen LogP) is 4.20. The zero-order valence-electron chi connectivity index (χ0n) is 17.1. The maximum atomic E-state index is 12.5. The molecule has 6 heteroatoms. The number of likely N-dealkylation sites (N-methyl/N-ethyl adjacent to an activating group) is 1. The Hall–Kier alpha value is -2.73. The van der Waals surface area contributed by atoms with Gasteiger partial charge in [-0.05, 0) is 38.1 Å². The van der Waals surface area contributed by atoms with E-state index < -0.39 is 5.79 Å². The molecule has 1 amide bonds. The molecule has 0 atom stereocenters. The smallest absolute Gasteiger partial charge is 0.251 e. The van der Waals surface area contributed by atoms with E-state index in [9.17, 15) is 4.79 Å². The molecule has 154 valence electrons. The van der Waals surface area contributed by atoms with Crippen molar-refractivity contribution in [3.05, 3.63) is 48.0 Å². The highest BCUT2D eigenvalue weighted by molar-refractivity contribution is 5.92. The number of ether oxygens (including phenoxy) is 3. The van der Waals surface area contributed by atoms with Crippen molar-refractivity contribution in [2.24, 2.45) is 0 Å². The van der Waals surface area contributed by atoms with E-state index in [-0.39, 0.29) is 12.5 Å². The Kier molecular flexibility index (Phi) is 5.62. The first-order chi connectivity index (χ1) is 14.1. The summed E-state index contributed by atoms with van der Waals surface area (Å²) in [6.07, 6.45) is 5.30. The molecule has 1 saturated carbocycles. The van der Waals surface area contributed by atoms with Gasteiger partial charge in [0.2, 0.25) is 5.91 Å². The number of hydrogen-bond acceptors (Lipinski definition) is 5. The van der Waals surface area contributed by atoms with Crippen molar-refractivity contribution in [3.8, 4) is 17.2 Å². The van der Waals surface area contributed by atoms with Gasteiger partial charge in [0.05, 0.1) is 13.7 Å². The molecule has 1 aliphatic heterocycles. The van der Waals surface area contributed by atoms with Crippen LogP contribution in [0, 0.1) is 0 Å². The van der Waals surface area contributed by atoms with Crippen LogP contribution in [-0.2, 0) is 11.3 Å². The maximum Gasteiger partial charge on any atom is 0.251 e. The van der Waals surface area contributed by atoms with Crippen LogP contribution in [0.3, 0.4) is 0 Å². The van der Waals surface area contributed by atoms with Gasteiger partial charge in [0, 0.05) is 36.7 Å². The van der Waals surface area contributed by atoms with Gasteiger partial charge in [-0.15, -0.1) is 0 Å². The molecule has 2 aromatic carbocycles. The third-order valence-electron chi connectivity index (χ3n) is 5.48. The summed E-state index contributed by atoms with van der Waals surface area (Å²) in [5.74, 6) is 1.73. The zero-order valence-corrected chi connectivity index (χ0v) is 17.1. The van der Waals surface area contributed by atoms with Crippen molar-refractivity contribution in [2.45, 2.75) is 44.4 Å². The third-order valence-corrected chi connectivity index (χ3v) is 5.48. The van der Waals surface area contributed by atoms with Gasteiger partial charge in [-0.1, -0.05) is 24.6 Å². The van der Waals surface area contributed by atoms with Gasteiger partial charge in [-0.3, -0.25) is 9.69 Å². The molecule has 0 unspecified atom stereocenters. The monoisotopic (exact) mass is 396 g/mol. The van der Waals surface area contributed by atoms with Gasteiger partial charge in [0.1, 0.15) is 5.75 Å². The third kappa shape index (κ3) is 4.48. The molecule has 1 fully saturated rings. The SMILES string of the molecule is COc1ccccc1CN(C)CC(=O)Nc1ccc2c(c1)OC1(CCCCC1)O2. The van der Waals surface area contributed by atoms with E-state index in [1.807, 2.05) is 54.4 Å². The highest BCUT2D eigenvalue weighted by Crippen LogP contribution is 2.46. The molecule has 0 radical (unpaired) electrons. The number of fused-ring (bicyclic) bond motifs is 1. The molecule has 0 saturated heterocycles. The van der Waals surface area contributed by atoms with Crippen molar-refractivity contribution in [3.63, 3.8) is 0 Å². The van der Waals surface area contributed by atoms with E-state index in [0.29, 0.717) is 12.3 Å². The quantitative estimate of drug-likeness (QED) is 0.793. The van der Waals surface area contributed by atoms with E-state index in [4.69, 9.17) is 14.2 Å². The summed E-state index contributed by atoms with van der Waals surface area (Å²) in [4.78, 5) is 14.5. The summed E-state index contributed by atoms with van der Waals surface area (Å²) in [5, 5.41) is 2.96. The first-order valence-electron chi connectivity index (χ1n) is 10.2. The minimum atomic E-state index is -0.502. The molecule has 1 N–H and O–H groups in total. The molecule has 1 spiro atoms. The highest BCUT2D eigenvalue weighted by atomic mass is 16.7. The van der Waals surface area contributed by atoms with Crippen LogP contribution in [0.25, 0.3) is 0 Å². The standard InChI is InChI=1S/C23H28N2O4/c1-25(15-17-8-4-5-9-19(17)27-2)16-22(26)24-18-10-11-20-21(14-18)29-23(28-20)12-6-3-7-13-23/h4-5,8-11,14H,3,6-7,12-13,15-16H2,1-2H3,(H,24,26). The van der Waals surface area contributed by atoms with Crippen LogP contribution in [0.5, 0.6) is 17.2 Å². The van der Waals surface area contributed by atoms with Gasteiger partial charge < -0.3 is 19.5 Å². The number of para-hydroxylation sites is 1. The van der Waals surface area contributed by atoms with Crippen LogP contribution in [0.2, 0.25) is 0 Å². The minimum absolute atomic E-state index is 0.0753. The number of amides is 1. The first kappa shape index (κ1) is 19.6. The van der Waals surface area contributed by atoms with Crippen LogP contribution in [0.1, 0.15) is 37.7 Å². The van der Waals surface area contributed by atoms with Crippen molar-refractivity contribution in [2.75, 3.05) is 26.0 Å². The number of methoxy groups -OCH3 is 1. The lowest BCUT2D eigenvalue weighted by molar-refractivity contribution is -0.117. The second kappa shape index (κ2) is 8.33. The summed E-state index contributed by atoms with van der Waals surface area (Å²) >= 11 is 0. The molecule has 1 heterocycles. The molecule has 0 aromatic heterocycles. The zero-order chi connectivity index (χ0) is 20.3. The number of nitrogens with one attached hydrogen (secondary N) is 1. The molecular formula is C23H28N2O4. The summed E-state index contributed by atoms with van der Waals surface area (Å²) in [6.45, 7) is 0.900. The fourth-order valence-electron chi connectivity index (χ4n) is 4.09. The average Bonchev–Trinajstić information content (AvgIpc) is 3.05. The van der Waals surface area contributed by atoms with E-state index in [1.165, 1.54) is 6.42 Å². The molecule has 1 aliphatic carbocycles. The Morgan fingerprint density at radius 2 is 1.86 bits per heavy atom. The van der Waals surface area contributed by atoms with E-state index in [0.717, 1.165) is 48.4 Å². The van der Waals surface area contributed by atoms with E-state index in [1.54, 1.807) is 7.11 Å². The van der Waals surface area contributed by atoms with Gasteiger partial charge in [0.15, 0.2) is 11.5 Å². The van der Waals surface area contributed by atoms with Crippen LogP contribution >= 0.6 is 0 Å². The van der Waals surface area contributed by atoms with E-state index >= 15 is 0 Å². The predicted molar refractivity (Wildman–Crippen MR) is 111 cm³/mol. The fraction of sp³-hybridized carbons (Fsp3) is 0.435. The van der Waals surface area contributed by atoms with E-state index in [2.05, 4.69) is 5.32 Å². The van der Waals surface area contributed by atoms with Crippen LogP contribution in [0.15, 0.2) is 42.5 Å². The first-order valence-corrected chi connectivity index (χ1v) is 10.2. The normalized spacial score (nSPS) is 16.8. The Morgan fingerprint density at radius 1 is 1.10 bits per heavy atom. The van der Waals surface area contributed by atoms with Gasteiger partial charge >= 0.3 is 0 Å². The lowest BCUT2D eigenvalue weighted by Crippen LogP contribution is -2.40. The molecule has 2 aromatic rings. The Balaban J connectivity index is 1.34. The average molecular weight is 396 g/mol.